The number of carbonyl (C=O) groups is 1. The second-order valence-electron chi connectivity index (χ2n) is 8.43. The van der Waals surface area contributed by atoms with Crippen LogP contribution in [0.5, 0.6) is 0 Å². The maximum Gasteiger partial charge on any atom is 0.280 e. The standard InChI is InChI=1S/C20H32N4OS/c1-13(2)24-11-9-14(10-12-24)21-15-7-8-16(15)22-19(25)20-23-17-5-3-4-6-18(17)26-20/h13-16,21H,3-12H2,1-2H3,(H,22,25)/t15-,16+/m1/s1. The third-order valence-corrected chi connectivity index (χ3v) is 7.50. The smallest absolute Gasteiger partial charge is 0.280 e. The number of carbonyl (C=O) groups excluding carboxylic acids is 1. The van der Waals surface area contributed by atoms with E-state index in [2.05, 4.69) is 34.4 Å². The molecule has 2 atom stereocenters. The predicted octanol–water partition coefficient (Wildman–Crippen LogP) is 2.75. The minimum atomic E-state index is 0.0375. The Morgan fingerprint density at radius 3 is 2.50 bits per heavy atom. The highest BCUT2D eigenvalue weighted by Crippen LogP contribution is 2.28. The van der Waals surface area contributed by atoms with Gasteiger partial charge in [-0.05, 0) is 78.3 Å². The summed E-state index contributed by atoms with van der Waals surface area (Å²) in [6.45, 7) is 6.93. The molecule has 0 bridgehead atoms. The van der Waals surface area contributed by atoms with Gasteiger partial charge in [0.2, 0.25) is 0 Å². The largest absolute Gasteiger partial charge is 0.346 e. The summed E-state index contributed by atoms with van der Waals surface area (Å²) in [7, 11) is 0. The Bertz CT molecular complexity index is 612. The van der Waals surface area contributed by atoms with Crippen LogP contribution in [0.3, 0.4) is 0 Å². The van der Waals surface area contributed by atoms with Gasteiger partial charge < -0.3 is 15.5 Å². The summed E-state index contributed by atoms with van der Waals surface area (Å²) in [4.78, 5) is 21.1. The van der Waals surface area contributed by atoms with Gasteiger partial charge in [0.1, 0.15) is 0 Å². The number of aromatic nitrogens is 1. The highest BCUT2D eigenvalue weighted by atomic mass is 32.1. The molecule has 0 radical (unpaired) electrons. The molecule has 3 aliphatic rings. The number of nitrogens with zero attached hydrogens (tertiary/aromatic N) is 2. The number of rotatable bonds is 5. The van der Waals surface area contributed by atoms with Crippen LogP contribution in [0.1, 0.15) is 72.7 Å². The Balaban J connectivity index is 1.26. The molecule has 2 N–H and O–H groups in total. The molecule has 1 aliphatic heterocycles. The first-order valence-electron chi connectivity index (χ1n) is 10.4. The van der Waals surface area contributed by atoms with Gasteiger partial charge in [0.25, 0.3) is 5.91 Å². The van der Waals surface area contributed by atoms with Crippen LogP contribution >= 0.6 is 11.3 Å². The van der Waals surface area contributed by atoms with Crippen molar-refractivity contribution in [1.82, 2.24) is 20.5 Å². The average molecular weight is 377 g/mol. The molecule has 0 unspecified atom stereocenters. The number of thiazole rings is 1. The molecule has 144 valence electrons. The first kappa shape index (κ1) is 18.4. The van der Waals surface area contributed by atoms with E-state index in [0.29, 0.717) is 23.1 Å². The number of hydrogen-bond donors (Lipinski definition) is 2. The summed E-state index contributed by atoms with van der Waals surface area (Å²) in [5, 5.41) is 7.73. The van der Waals surface area contributed by atoms with Crippen molar-refractivity contribution >= 4 is 17.2 Å². The summed E-state index contributed by atoms with van der Waals surface area (Å²) in [5.74, 6) is 0.0375. The molecule has 2 heterocycles. The first-order valence-corrected chi connectivity index (χ1v) is 11.2. The molecular formula is C20H32N4OS. The molecule has 1 aromatic heterocycles. The van der Waals surface area contributed by atoms with Gasteiger partial charge in [-0.15, -0.1) is 11.3 Å². The maximum absolute atomic E-state index is 12.6. The zero-order chi connectivity index (χ0) is 18.1. The molecule has 2 aliphatic carbocycles. The monoisotopic (exact) mass is 376 g/mol. The fraction of sp³-hybridized carbons (Fsp3) is 0.800. The molecule has 2 fully saturated rings. The molecule has 0 spiro atoms. The number of aryl methyl sites for hydroxylation is 2. The van der Waals surface area contributed by atoms with Crippen LogP contribution in [-0.4, -0.2) is 53.0 Å². The molecule has 4 rings (SSSR count). The van der Waals surface area contributed by atoms with E-state index in [1.54, 1.807) is 11.3 Å². The van der Waals surface area contributed by atoms with Crippen molar-refractivity contribution in [3.8, 4) is 0 Å². The minimum Gasteiger partial charge on any atom is -0.346 e. The lowest BCUT2D eigenvalue weighted by molar-refractivity contribution is 0.0873. The number of piperidine rings is 1. The Hall–Kier alpha value is -0.980. The third kappa shape index (κ3) is 3.97. The molecule has 1 saturated carbocycles. The molecule has 6 heteroatoms. The van der Waals surface area contributed by atoms with Crippen molar-refractivity contribution in [3.05, 3.63) is 15.6 Å². The van der Waals surface area contributed by atoms with Crippen molar-refractivity contribution < 1.29 is 4.79 Å². The highest BCUT2D eigenvalue weighted by molar-refractivity contribution is 7.13. The van der Waals surface area contributed by atoms with Gasteiger partial charge in [-0.3, -0.25) is 4.79 Å². The molecule has 0 aromatic carbocycles. The Morgan fingerprint density at radius 2 is 1.85 bits per heavy atom. The zero-order valence-corrected chi connectivity index (χ0v) is 16.9. The van der Waals surface area contributed by atoms with Gasteiger partial charge in [-0.2, -0.15) is 0 Å². The van der Waals surface area contributed by atoms with Crippen molar-refractivity contribution in [1.29, 1.82) is 0 Å². The normalized spacial score (nSPS) is 27.2. The van der Waals surface area contributed by atoms with Gasteiger partial charge in [0, 0.05) is 29.0 Å². The van der Waals surface area contributed by atoms with Crippen molar-refractivity contribution in [2.45, 2.75) is 89.4 Å². The lowest BCUT2D eigenvalue weighted by atomic mass is 9.85. The van der Waals surface area contributed by atoms with Crippen LogP contribution in [0.25, 0.3) is 0 Å². The van der Waals surface area contributed by atoms with E-state index in [-0.39, 0.29) is 11.9 Å². The van der Waals surface area contributed by atoms with Crippen LogP contribution in [0, 0.1) is 0 Å². The topological polar surface area (TPSA) is 57.3 Å². The second-order valence-corrected chi connectivity index (χ2v) is 9.51. The van der Waals surface area contributed by atoms with Crippen LogP contribution in [0.4, 0.5) is 0 Å². The maximum atomic E-state index is 12.6. The van der Waals surface area contributed by atoms with E-state index in [1.807, 2.05) is 0 Å². The Morgan fingerprint density at radius 1 is 1.12 bits per heavy atom. The Kier molecular flexibility index (Phi) is 5.62. The SMILES string of the molecule is CC(C)N1CCC(N[C@@H]2CC[C@@H]2NC(=O)c2nc3c(s2)CCCC3)CC1. The van der Waals surface area contributed by atoms with E-state index in [4.69, 9.17) is 0 Å². The highest BCUT2D eigenvalue weighted by Gasteiger charge is 2.35. The van der Waals surface area contributed by atoms with Crippen molar-refractivity contribution in [2.24, 2.45) is 0 Å². The van der Waals surface area contributed by atoms with Gasteiger partial charge in [-0.1, -0.05) is 0 Å². The van der Waals surface area contributed by atoms with Crippen LogP contribution < -0.4 is 10.6 Å². The summed E-state index contributed by atoms with van der Waals surface area (Å²) < 4.78 is 0. The number of fused-ring (bicyclic) bond motifs is 1. The number of nitrogens with one attached hydrogen (secondary N) is 2. The molecule has 26 heavy (non-hydrogen) atoms. The minimum absolute atomic E-state index is 0.0375. The van der Waals surface area contributed by atoms with Gasteiger partial charge >= 0.3 is 0 Å². The third-order valence-electron chi connectivity index (χ3n) is 6.34. The predicted molar refractivity (Wildman–Crippen MR) is 106 cm³/mol. The van der Waals surface area contributed by atoms with Gasteiger partial charge in [-0.25, -0.2) is 4.98 Å². The molecule has 1 aromatic rings. The van der Waals surface area contributed by atoms with Crippen LogP contribution in [-0.2, 0) is 12.8 Å². The number of likely N-dealkylation sites (tertiary alicyclic amines) is 1. The molecule has 1 saturated heterocycles. The number of amides is 1. The lowest BCUT2D eigenvalue weighted by Crippen LogP contribution is -2.60. The van der Waals surface area contributed by atoms with E-state index in [0.717, 1.165) is 19.3 Å². The van der Waals surface area contributed by atoms with Crippen molar-refractivity contribution in [2.75, 3.05) is 13.1 Å². The van der Waals surface area contributed by atoms with E-state index < -0.39 is 0 Å². The number of hydrogen-bond acceptors (Lipinski definition) is 5. The summed E-state index contributed by atoms with van der Waals surface area (Å²) in [6, 6.07) is 1.95. The summed E-state index contributed by atoms with van der Waals surface area (Å²) in [5.41, 5.74) is 1.17. The van der Waals surface area contributed by atoms with E-state index in [1.165, 1.54) is 55.8 Å². The van der Waals surface area contributed by atoms with Crippen LogP contribution in [0.15, 0.2) is 0 Å². The quantitative estimate of drug-likeness (QED) is 0.830. The van der Waals surface area contributed by atoms with Gasteiger partial charge in [0.05, 0.1) is 5.69 Å². The Labute approximate surface area is 160 Å². The second kappa shape index (κ2) is 7.95. The van der Waals surface area contributed by atoms with Crippen LogP contribution in [0.2, 0.25) is 0 Å². The van der Waals surface area contributed by atoms with Crippen molar-refractivity contribution in [3.63, 3.8) is 0 Å². The molecular weight excluding hydrogens is 344 g/mol. The lowest BCUT2D eigenvalue weighted by Gasteiger charge is -2.42. The fourth-order valence-corrected chi connectivity index (χ4v) is 5.49. The molecule has 5 nitrogen and oxygen atoms in total. The fourth-order valence-electron chi connectivity index (χ4n) is 4.44. The summed E-state index contributed by atoms with van der Waals surface area (Å²) in [6.07, 6.45) is 9.28. The molecule has 1 amide bonds. The summed E-state index contributed by atoms with van der Waals surface area (Å²) >= 11 is 1.61. The van der Waals surface area contributed by atoms with E-state index in [9.17, 15) is 4.79 Å². The average Bonchev–Trinajstić information content (AvgIpc) is 3.08. The van der Waals surface area contributed by atoms with E-state index >= 15 is 0 Å². The zero-order valence-electron chi connectivity index (χ0n) is 16.1. The van der Waals surface area contributed by atoms with Gasteiger partial charge in [0.15, 0.2) is 5.01 Å². The first-order chi connectivity index (χ1) is 12.6.